The number of rotatable bonds is 5. The molecule has 0 saturated heterocycles. The number of hydrogen-bond acceptors (Lipinski definition) is 4. The zero-order valence-electron chi connectivity index (χ0n) is 17.2. The average Bonchev–Trinajstić information content (AvgIpc) is 2.78. The minimum Gasteiger partial charge on any atom is -0.322 e. The summed E-state index contributed by atoms with van der Waals surface area (Å²) < 4.78 is 41.8. The molecule has 0 saturated carbocycles. The number of benzene rings is 2. The van der Waals surface area contributed by atoms with E-state index >= 15 is 0 Å². The summed E-state index contributed by atoms with van der Waals surface area (Å²) in [7, 11) is 0. The maximum atomic E-state index is 13.9. The molecule has 166 valence electrons. The number of nitrogens with one attached hydrogen (secondary N) is 1. The van der Waals surface area contributed by atoms with E-state index in [0.29, 0.717) is 5.69 Å². The van der Waals surface area contributed by atoms with Crippen LogP contribution < -0.4 is 10.7 Å². The van der Waals surface area contributed by atoms with E-state index in [0.717, 1.165) is 30.3 Å². The molecule has 0 aliphatic heterocycles. The summed E-state index contributed by atoms with van der Waals surface area (Å²) in [4.78, 5) is 42.8. The first-order valence-electron chi connectivity index (χ1n) is 9.79. The number of aryl methyl sites for hydroxylation is 1. The van der Waals surface area contributed by atoms with E-state index in [9.17, 15) is 27.6 Å². The first-order valence-corrected chi connectivity index (χ1v) is 9.79. The number of hydrogen-bond donors (Lipinski definition) is 1. The van der Waals surface area contributed by atoms with Gasteiger partial charge in [0.15, 0.2) is 5.78 Å². The molecule has 0 radical (unpaired) electrons. The van der Waals surface area contributed by atoms with Crippen LogP contribution in [0.15, 0.2) is 65.6 Å². The van der Waals surface area contributed by atoms with E-state index in [1.807, 2.05) is 0 Å². The van der Waals surface area contributed by atoms with Crippen LogP contribution in [0.4, 0.5) is 18.9 Å². The number of carbonyl (C=O) groups is 2. The third-order valence-electron chi connectivity index (χ3n) is 4.93. The van der Waals surface area contributed by atoms with Gasteiger partial charge in [-0.15, -0.1) is 0 Å². The number of nitrogens with zero attached hydrogens (tertiary/aromatic N) is 2. The number of carbonyl (C=O) groups excluding carboxylic acids is 2. The third kappa shape index (κ3) is 4.52. The maximum Gasteiger partial charge on any atom is 0.244 e. The molecule has 9 heteroatoms. The smallest absolute Gasteiger partial charge is 0.244 e. The molecule has 0 unspecified atom stereocenters. The molecule has 1 N–H and O–H groups in total. The molecule has 4 rings (SSSR count). The van der Waals surface area contributed by atoms with Gasteiger partial charge in [0.25, 0.3) is 0 Å². The fraction of sp³-hybridized carbons (Fsp3) is 0.0833. The zero-order valence-corrected chi connectivity index (χ0v) is 17.2. The second-order valence-electron chi connectivity index (χ2n) is 7.33. The molecule has 4 aromatic rings. The first-order chi connectivity index (χ1) is 15.7. The minimum atomic E-state index is -0.823. The summed E-state index contributed by atoms with van der Waals surface area (Å²) in [5, 5.41) is 2.37. The van der Waals surface area contributed by atoms with Gasteiger partial charge in [0.1, 0.15) is 29.6 Å². The molecule has 2 aromatic carbocycles. The summed E-state index contributed by atoms with van der Waals surface area (Å²) in [5.41, 5.74) is -0.401. The quantitative estimate of drug-likeness (QED) is 0.466. The first kappa shape index (κ1) is 21.9. The van der Waals surface area contributed by atoms with Crippen molar-refractivity contribution < 1.29 is 22.8 Å². The summed E-state index contributed by atoms with van der Waals surface area (Å²) in [6, 6.07) is 10.4. The monoisotopic (exact) mass is 451 g/mol. The van der Waals surface area contributed by atoms with Gasteiger partial charge in [0.2, 0.25) is 11.3 Å². The van der Waals surface area contributed by atoms with Gasteiger partial charge in [-0.2, -0.15) is 0 Å². The van der Waals surface area contributed by atoms with Crippen molar-refractivity contribution in [2.45, 2.75) is 13.5 Å². The van der Waals surface area contributed by atoms with Gasteiger partial charge in [-0.3, -0.25) is 14.4 Å². The van der Waals surface area contributed by atoms with Gasteiger partial charge in [-0.05, 0) is 55.5 Å². The molecule has 0 spiro atoms. The van der Waals surface area contributed by atoms with Crippen LogP contribution in [0.3, 0.4) is 0 Å². The van der Waals surface area contributed by atoms with Crippen molar-refractivity contribution in [1.82, 2.24) is 9.55 Å². The van der Waals surface area contributed by atoms with Crippen LogP contribution in [0.1, 0.15) is 21.6 Å². The molecule has 0 aliphatic carbocycles. The second kappa shape index (κ2) is 8.70. The van der Waals surface area contributed by atoms with Gasteiger partial charge in [-0.25, -0.2) is 18.2 Å². The van der Waals surface area contributed by atoms with Crippen molar-refractivity contribution in [1.29, 1.82) is 0 Å². The van der Waals surface area contributed by atoms with Crippen LogP contribution in [-0.2, 0) is 11.3 Å². The highest BCUT2D eigenvalue weighted by atomic mass is 19.1. The molecule has 2 heterocycles. The Kier molecular flexibility index (Phi) is 5.78. The number of anilines is 1. The Balaban J connectivity index is 1.77. The Hall–Kier alpha value is -4.27. The Morgan fingerprint density at radius 3 is 2.39 bits per heavy atom. The highest BCUT2D eigenvalue weighted by Crippen LogP contribution is 2.17. The Bertz CT molecular complexity index is 1460. The lowest BCUT2D eigenvalue weighted by molar-refractivity contribution is -0.116. The molecule has 6 nitrogen and oxygen atoms in total. The molecule has 1 amide bonds. The van der Waals surface area contributed by atoms with E-state index in [4.69, 9.17) is 0 Å². The maximum absolute atomic E-state index is 13.9. The molecule has 33 heavy (non-hydrogen) atoms. The van der Waals surface area contributed by atoms with E-state index in [1.165, 1.54) is 29.0 Å². The van der Waals surface area contributed by atoms with Crippen LogP contribution >= 0.6 is 0 Å². The Morgan fingerprint density at radius 2 is 1.67 bits per heavy atom. The highest BCUT2D eigenvalue weighted by molar-refractivity contribution is 6.10. The predicted octanol–water partition coefficient (Wildman–Crippen LogP) is 3.99. The molecular formula is C24H16F3N3O3. The average molecular weight is 451 g/mol. The van der Waals surface area contributed by atoms with Gasteiger partial charge >= 0.3 is 0 Å². The van der Waals surface area contributed by atoms with Crippen LogP contribution in [0.5, 0.6) is 0 Å². The topological polar surface area (TPSA) is 81.1 Å². The van der Waals surface area contributed by atoms with E-state index < -0.39 is 41.1 Å². The highest BCUT2D eigenvalue weighted by Gasteiger charge is 2.19. The molecule has 0 atom stereocenters. The fourth-order valence-corrected chi connectivity index (χ4v) is 3.34. The fourth-order valence-electron chi connectivity index (χ4n) is 3.34. The summed E-state index contributed by atoms with van der Waals surface area (Å²) >= 11 is 0. The lowest BCUT2D eigenvalue weighted by Gasteiger charge is -2.13. The van der Waals surface area contributed by atoms with Gasteiger partial charge < -0.3 is 9.88 Å². The van der Waals surface area contributed by atoms with Crippen molar-refractivity contribution in [3.05, 3.63) is 105 Å². The van der Waals surface area contributed by atoms with E-state index in [2.05, 4.69) is 10.3 Å². The third-order valence-corrected chi connectivity index (χ3v) is 4.93. The summed E-state index contributed by atoms with van der Waals surface area (Å²) in [6.07, 6.45) is 1.18. The molecular weight excluding hydrogens is 435 g/mol. The largest absolute Gasteiger partial charge is 0.322 e. The van der Waals surface area contributed by atoms with Gasteiger partial charge in [0.05, 0.1) is 16.6 Å². The lowest BCUT2D eigenvalue weighted by Crippen LogP contribution is -2.25. The van der Waals surface area contributed by atoms with Crippen LogP contribution in [0, 0.1) is 24.4 Å². The van der Waals surface area contributed by atoms with Crippen molar-refractivity contribution >= 4 is 28.4 Å². The number of aromatic nitrogens is 2. The molecule has 2 aromatic heterocycles. The minimum absolute atomic E-state index is 0.0887. The number of pyridine rings is 2. The number of fused-ring (bicyclic) bond motifs is 1. The zero-order chi connectivity index (χ0) is 23.7. The normalized spacial score (nSPS) is 10.9. The van der Waals surface area contributed by atoms with Crippen LogP contribution in [0.25, 0.3) is 11.0 Å². The van der Waals surface area contributed by atoms with Crippen molar-refractivity contribution in [3.8, 4) is 0 Å². The van der Waals surface area contributed by atoms with Crippen molar-refractivity contribution in [3.63, 3.8) is 0 Å². The van der Waals surface area contributed by atoms with Crippen LogP contribution in [-0.4, -0.2) is 21.2 Å². The van der Waals surface area contributed by atoms with Crippen LogP contribution in [0.2, 0.25) is 0 Å². The molecule has 0 fully saturated rings. The number of ketones is 1. The standard InChI is InChI=1S/C24H16F3N3O3/c1-13-2-8-17-23(33)18(22(32)14-3-5-15(25)6-4-14)11-30(24(17)28-13)12-21(31)29-20-10-16(26)7-9-19(20)27/h2-11H,12H2,1H3,(H,29,31). The molecule has 0 aliphatic rings. The Morgan fingerprint density at radius 1 is 0.970 bits per heavy atom. The summed E-state index contributed by atoms with van der Waals surface area (Å²) in [6.45, 7) is 1.25. The molecule has 0 bridgehead atoms. The van der Waals surface area contributed by atoms with Crippen molar-refractivity contribution in [2.24, 2.45) is 0 Å². The SMILES string of the molecule is Cc1ccc2c(=O)c(C(=O)c3ccc(F)cc3)cn(CC(=O)Nc3cc(F)ccc3F)c2n1. The second-order valence-corrected chi connectivity index (χ2v) is 7.33. The van der Waals surface area contributed by atoms with Gasteiger partial charge in [0, 0.05) is 23.5 Å². The van der Waals surface area contributed by atoms with E-state index in [1.54, 1.807) is 13.0 Å². The summed E-state index contributed by atoms with van der Waals surface area (Å²) in [5.74, 6) is -3.48. The lowest BCUT2D eigenvalue weighted by atomic mass is 10.0. The van der Waals surface area contributed by atoms with E-state index in [-0.39, 0.29) is 27.8 Å². The number of amides is 1. The van der Waals surface area contributed by atoms with Crippen molar-refractivity contribution in [2.75, 3.05) is 5.32 Å². The van der Waals surface area contributed by atoms with Gasteiger partial charge in [-0.1, -0.05) is 0 Å². The predicted molar refractivity (Wildman–Crippen MR) is 116 cm³/mol. The number of halogens is 3. The Labute approximate surface area is 185 Å².